The molecular formula is C9H13N3O2S. The van der Waals surface area contributed by atoms with Crippen molar-refractivity contribution >= 4 is 10.0 Å². The van der Waals surface area contributed by atoms with E-state index in [4.69, 9.17) is 6.42 Å². The van der Waals surface area contributed by atoms with Crippen LogP contribution in [0.3, 0.4) is 0 Å². The smallest absolute Gasteiger partial charge is 0.260 e. The summed E-state index contributed by atoms with van der Waals surface area (Å²) in [5.41, 5.74) is 0. The summed E-state index contributed by atoms with van der Waals surface area (Å²) in [6.45, 7) is 1.81. The Hall–Kier alpha value is -1.32. The Bertz CT molecular complexity index is 470. The van der Waals surface area contributed by atoms with Crippen molar-refractivity contribution < 1.29 is 8.42 Å². The van der Waals surface area contributed by atoms with Crippen molar-refractivity contribution in [3.8, 4) is 12.3 Å². The molecule has 0 fully saturated rings. The van der Waals surface area contributed by atoms with Crippen LogP contribution in [0.25, 0.3) is 0 Å². The Morgan fingerprint density at radius 3 is 2.80 bits per heavy atom. The molecule has 0 aromatic carbocycles. The van der Waals surface area contributed by atoms with Crippen LogP contribution in [-0.4, -0.2) is 24.0 Å². The molecule has 0 aliphatic carbocycles. The lowest BCUT2D eigenvalue weighted by atomic mass is 10.3. The van der Waals surface area contributed by atoms with Crippen LogP contribution in [-0.2, 0) is 17.1 Å². The third-order valence-corrected chi connectivity index (χ3v) is 3.22. The second-order valence-corrected chi connectivity index (χ2v) is 4.79. The number of nitrogens with zero attached hydrogens (tertiary/aromatic N) is 2. The van der Waals surface area contributed by atoms with Crippen LogP contribution < -0.4 is 4.72 Å². The summed E-state index contributed by atoms with van der Waals surface area (Å²) in [5.74, 6) is 2.36. The molecule has 0 aliphatic rings. The highest BCUT2D eigenvalue weighted by atomic mass is 32.2. The quantitative estimate of drug-likeness (QED) is 0.743. The van der Waals surface area contributed by atoms with Crippen molar-refractivity contribution in [2.45, 2.75) is 24.4 Å². The molecule has 5 nitrogen and oxygen atoms in total. The normalized spacial score (nSPS) is 13.4. The molecule has 1 aromatic rings. The van der Waals surface area contributed by atoms with Gasteiger partial charge in [-0.15, -0.1) is 6.42 Å². The number of nitrogens with one attached hydrogen (secondary N) is 1. The maximum atomic E-state index is 11.7. The van der Waals surface area contributed by atoms with Crippen molar-refractivity contribution in [2.75, 3.05) is 0 Å². The first-order valence-electron chi connectivity index (χ1n) is 4.46. The molecule has 0 amide bonds. The largest absolute Gasteiger partial charge is 0.339 e. The van der Waals surface area contributed by atoms with E-state index in [1.807, 2.05) is 6.92 Å². The number of hydrogen-bond donors (Lipinski definition) is 1. The molecule has 0 aliphatic heterocycles. The molecule has 0 saturated heterocycles. The van der Waals surface area contributed by atoms with Gasteiger partial charge in [0, 0.05) is 13.2 Å². The first-order chi connectivity index (χ1) is 6.99. The SMILES string of the molecule is C#CC(CC)NS(=O)(=O)c1cn(C)cn1. The van der Waals surface area contributed by atoms with Crippen LogP contribution in [0.5, 0.6) is 0 Å². The van der Waals surface area contributed by atoms with Gasteiger partial charge < -0.3 is 4.57 Å². The second-order valence-electron chi connectivity index (χ2n) is 3.13. The van der Waals surface area contributed by atoms with Gasteiger partial charge in [0.15, 0.2) is 5.03 Å². The lowest BCUT2D eigenvalue weighted by Crippen LogP contribution is -2.33. The maximum absolute atomic E-state index is 11.7. The van der Waals surface area contributed by atoms with E-state index in [-0.39, 0.29) is 5.03 Å². The fourth-order valence-corrected chi connectivity index (χ4v) is 2.23. The second kappa shape index (κ2) is 4.47. The number of hydrogen-bond acceptors (Lipinski definition) is 3. The zero-order chi connectivity index (χ0) is 11.5. The fourth-order valence-electron chi connectivity index (χ4n) is 1.01. The lowest BCUT2D eigenvalue weighted by Gasteiger charge is -2.08. The zero-order valence-corrected chi connectivity index (χ0v) is 9.45. The van der Waals surface area contributed by atoms with E-state index in [0.717, 1.165) is 0 Å². The minimum absolute atomic E-state index is 0.0151. The molecule has 1 heterocycles. The molecule has 15 heavy (non-hydrogen) atoms. The highest BCUT2D eigenvalue weighted by molar-refractivity contribution is 7.89. The van der Waals surface area contributed by atoms with Crippen molar-refractivity contribution in [3.63, 3.8) is 0 Å². The number of rotatable bonds is 4. The van der Waals surface area contributed by atoms with Crippen LogP contribution in [0.15, 0.2) is 17.6 Å². The molecular weight excluding hydrogens is 214 g/mol. The summed E-state index contributed by atoms with van der Waals surface area (Å²) in [6, 6.07) is -0.489. The number of aryl methyl sites for hydroxylation is 1. The molecule has 0 spiro atoms. The summed E-state index contributed by atoms with van der Waals surface area (Å²) in [7, 11) is -1.89. The predicted octanol–water partition coefficient (Wildman–Crippen LogP) is 0.110. The third-order valence-electron chi connectivity index (χ3n) is 1.86. The number of imidazole rings is 1. The summed E-state index contributed by atoms with van der Waals surface area (Å²) in [6.07, 6.45) is 8.56. The average molecular weight is 227 g/mol. The topological polar surface area (TPSA) is 64.0 Å². The highest BCUT2D eigenvalue weighted by Crippen LogP contribution is 2.05. The number of aromatic nitrogens is 2. The summed E-state index contributed by atoms with van der Waals surface area (Å²) in [4.78, 5) is 3.75. The van der Waals surface area contributed by atoms with Gasteiger partial charge in [-0.3, -0.25) is 0 Å². The first kappa shape index (κ1) is 11.8. The van der Waals surface area contributed by atoms with E-state index in [1.165, 1.54) is 12.5 Å². The number of sulfonamides is 1. The van der Waals surface area contributed by atoms with Crippen molar-refractivity contribution in [3.05, 3.63) is 12.5 Å². The van der Waals surface area contributed by atoms with Gasteiger partial charge in [0.25, 0.3) is 10.0 Å². The van der Waals surface area contributed by atoms with Gasteiger partial charge in [-0.1, -0.05) is 12.8 Å². The Kier molecular flexibility index (Phi) is 3.50. The molecule has 1 N–H and O–H groups in total. The summed E-state index contributed by atoms with van der Waals surface area (Å²) in [5, 5.41) is -0.0151. The van der Waals surface area contributed by atoms with Gasteiger partial charge >= 0.3 is 0 Å². The van der Waals surface area contributed by atoms with Crippen LogP contribution >= 0.6 is 0 Å². The minimum Gasteiger partial charge on any atom is -0.339 e. The van der Waals surface area contributed by atoms with Crippen molar-refractivity contribution in [1.82, 2.24) is 14.3 Å². The van der Waals surface area contributed by atoms with Crippen LogP contribution in [0.4, 0.5) is 0 Å². The molecule has 0 radical (unpaired) electrons. The average Bonchev–Trinajstić information content (AvgIpc) is 2.62. The van der Waals surface area contributed by atoms with Crippen LogP contribution in [0, 0.1) is 12.3 Å². The van der Waals surface area contributed by atoms with E-state index in [0.29, 0.717) is 6.42 Å². The molecule has 82 valence electrons. The Labute approximate surface area is 89.6 Å². The summed E-state index contributed by atoms with van der Waals surface area (Å²) < 4.78 is 27.3. The van der Waals surface area contributed by atoms with Gasteiger partial charge in [-0.2, -0.15) is 4.72 Å². The molecule has 6 heteroatoms. The molecule has 0 saturated carbocycles. The fraction of sp³-hybridized carbons (Fsp3) is 0.444. The molecule has 1 unspecified atom stereocenters. The first-order valence-corrected chi connectivity index (χ1v) is 5.94. The van der Waals surface area contributed by atoms with Crippen molar-refractivity contribution in [2.24, 2.45) is 7.05 Å². The minimum atomic E-state index is -3.59. The zero-order valence-electron chi connectivity index (χ0n) is 8.64. The van der Waals surface area contributed by atoms with Crippen molar-refractivity contribution in [1.29, 1.82) is 0 Å². The van der Waals surface area contributed by atoms with E-state index in [2.05, 4.69) is 15.6 Å². The number of terminal acetylenes is 1. The summed E-state index contributed by atoms with van der Waals surface area (Å²) >= 11 is 0. The highest BCUT2D eigenvalue weighted by Gasteiger charge is 2.19. The van der Waals surface area contributed by atoms with Gasteiger partial charge in [-0.25, -0.2) is 13.4 Å². The van der Waals surface area contributed by atoms with E-state index in [1.54, 1.807) is 11.6 Å². The third kappa shape index (κ3) is 2.81. The molecule has 0 bridgehead atoms. The monoisotopic (exact) mass is 227 g/mol. The Morgan fingerprint density at radius 1 is 1.73 bits per heavy atom. The molecule has 1 aromatic heterocycles. The van der Waals surface area contributed by atoms with E-state index >= 15 is 0 Å². The Morgan fingerprint density at radius 2 is 2.40 bits per heavy atom. The van der Waals surface area contributed by atoms with E-state index in [9.17, 15) is 8.42 Å². The van der Waals surface area contributed by atoms with Gasteiger partial charge in [0.05, 0.1) is 12.4 Å². The molecule has 1 rings (SSSR count). The molecule has 1 atom stereocenters. The maximum Gasteiger partial charge on any atom is 0.260 e. The van der Waals surface area contributed by atoms with Gasteiger partial charge in [0.1, 0.15) is 0 Å². The predicted molar refractivity (Wildman–Crippen MR) is 56.4 cm³/mol. The lowest BCUT2D eigenvalue weighted by molar-refractivity contribution is 0.567. The van der Waals surface area contributed by atoms with Gasteiger partial charge in [-0.05, 0) is 6.42 Å². The Balaban J connectivity index is 2.90. The van der Waals surface area contributed by atoms with Crippen LogP contribution in [0.1, 0.15) is 13.3 Å². The van der Waals surface area contributed by atoms with E-state index < -0.39 is 16.1 Å². The van der Waals surface area contributed by atoms with Gasteiger partial charge in [0.2, 0.25) is 0 Å². The van der Waals surface area contributed by atoms with Crippen LogP contribution in [0.2, 0.25) is 0 Å². The standard InChI is InChI=1S/C9H13N3O2S/c1-4-8(5-2)11-15(13,14)9-6-12(3)7-10-9/h1,6-8,11H,5H2,2-3H3.